The molecule has 0 radical (unpaired) electrons. The van der Waals surface area contributed by atoms with Gasteiger partial charge in [0, 0.05) is 11.8 Å². The lowest BCUT2D eigenvalue weighted by molar-refractivity contribution is -0.0511. The number of halogens is 1. The van der Waals surface area contributed by atoms with Crippen molar-refractivity contribution < 1.29 is 20.1 Å². The molecule has 1 aliphatic rings. The fourth-order valence-electron chi connectivity index (χ4n) is 3.09. The molecule has 1 aliphatic heterocycles. The smallest absolute Gasteiger partial charge is 0.226 e. The number of hydrogen-bond donors (Lipinski definition) is 4. The summed E-state index contributed by atoms with van der Waals surface area (Å²) >= 11 is 9.24. The number of nitrogens with zero attached hydrogens (tertiary/aromatic N) is 6. The third kappa shape index (κ3) is 4.23. The number of imidazole rings is 1. The summed E-state index contributed by atoms with van der Waals surface area (Å²) < 4.78 is 7.93. The number of aliphatic hydroxyl groups excluding tert-OH is 3. The predicted molar refractivity (Wildman–Crippen MR) is 112 cm³/mol. The van der Waals surface area contributed by atoms with E-state index in [4.69, 9.17) is 16.3 Å². The maximum absolute atomic E-state index is 10.3. The van der Waals surface area contributed by atoms with Crippen LogP contribution in [0.15, 0.2) is 10.7 Å². The molecule has 14 heteroatoms. The fourth-order valence-corrected chi connectivity index (χ4v) is 5.05. The van der Waals surface area contributed by atoms with E-state index in [0.717, 1.165) is 9.35 Å². The molecule has 4 rings (SSSR count). The van der Waals surface area contributed by atoms with Gasteiger partial charge in [-0.2, -0.15) is 9.97 Å². The summed E-state index contributed by atoms with van der Waals surface area (Å²) in [6.07, 6.45) is -2.92. The summed E-state index contributed by atoms with van der Waals surface area (Å²) in [6, 6.07) is 0.00688. The first-order chi connectivity index (χ1) is 14.4. The first kappa shape index (κ1) is 21.6. The number of aliphatic hydroxyl groups is 3. The van der Waals surface area contributed by atoms with Crippen molar-refractivity contribution in [2.75, 3.05) is 17.7 Å². The summed E-state index contributed by atoms with van der Waals surface area (Å²) in [5.41, 5.74) is 0.785. The van der Waals surface area contributed by atoms with Crippen LogP contribution in [-0.4, -0.2) is 81.7 Å². The van der Waals surface area contributed by atoms with Crippen LogP contribution in [0.25, 0.3) is 11.2 Å². The average molecular weight is 474 g/mol. The Balaban J connectivity index is 1.55. The second kappa shape index (κ2) is 8.86. The molecule has 5 atom stereocenters. The van der Waals surface area contributed by atoms with E-state index in [9.17, 15) is 15.3 Å². The van der Waals surface area contributed by atoms with Gasteiger partial charge in [0.25, 0.3) is 0 Å². The second-order valence-electron chi connectivity index (χ2n) is 6.84. The van der Waals surface area contributed by atoms with Crippen molar-refractivity contribution in [2.24, 2.45) is 0 Å². The van der Waals surface area contributed by atoms with Gasteiger partial charge in [0.05, 0.1) is 12.9 Å². The lowest BCUT2D eigenvalue weighted by Crippen LogP contribution is -2.33. The van der Waals surface area contributed by atoms with Crippen LogP contribution in [0, 0.1) is 6.92 Å². The number of fused-ring (bicyclic) bond motifs is 1. The van der Waals surface area contributed by atoms with E-state index in [2.05, 4.69) is 30.5 Å². The second-order valence-corrected chi connectivity index (χ2v) is 9.62. The SMILES string of the molecule is Cc1nnc(SCC(C)Nc2nc(Cl)nc3c2ncn3C2OC(CO)C(O)C2O)s1. The van der Waals surface area contributed by atoms with E-state index in [1.807, 2.05) is 13.8 Å². The summed E-state index contributed by atoms with van der Waals surface area (Å²) in [7, 11) is 0. The topological polar surface area (TPSA) is 151 Å². The molecule has 1 fully saturated rings. The van der Waals surface area contributed by atoms with Gasteiger partial charge in [-0.1, -0.05) is 23.1 Å². The van der Waals surface area contributed by atoms with Crippen molar-refractivity contribution in [1.82, 2.24) is 29.7 Å². The summed E-state index contributed by atoms with van der Waals surface area (Å²) in [6.45, 7) is 3.48. The normalized spacial score (nSPS) is 25.1. The Morgan fingerprint density at radius 2 is 2.13 bits per heavy atom. The van der Waals surface area contributed by atoms with Crippen molar-refractivity contribution in [3.05, 3.63) is 16.6 Å². The molecule has 162 valence electrons. The Labute approximate surface area is 184 Å². The van der Waals surface area contributed by atoms with Gasteiger partial charge in [-0.3, -0.25) is 4.57 Å². The number of rotatable bonds is 7. The highest BCUT2D eigenvalue weighted by Crippen LogP contribution is 2.33. The highest BCUT2D eigenvalue weighted by molar-refractivity contribution is 8.01. The number of hydrogen-bond acceptors (Lipinski definition) is 12. The maximum Gasteiger partial charge on any atom is 0.226 e. The monoisotopic (exact) mass is 473 g/mol. The standard InChI is InChI=1S/C16H20ClN7O4S2/c1-6(4-29-16-23-22-7(2)30-16)19-12-9-13(21-15(17)20-12)24(5-18-9)14-11(27)10(26)8(3-25)28-14/h5-6,8,10-11,14,25-27H,3-4H2,1-2H3,(H,19,20,21). The Morgan fingerprint density at radius 3 is 2.80 bits per heavy atom. The van der Waals surface area contributed by atoms with E-state index >= 15 is 0 Å². The molecule has 5 unspecified atom stereocenters. The predicted octanol–water partition coefficient (Wildman–Crippen LogP) is 0.844. The minimum atomic E-state index is -1.25. The largest absolute Gasteiger partial charge is 0.394 e. The average Bonchev–Trinajstić information content (AvgIpc) is 3.39. The fraction of sp³-hybridized carbons (Fsp3) is 0.562. The maximum atomic E-state index is 10.3. The lowest BCUT2D eigenvalue weighted by atomic mass is 10.1. The molecule has 4 N–H and O–H groups in total. The van der Waals surface area contributed by atoms with Gasteiger partial charge in [-0.15, -0.1) is 10.2 Å². The van der Waals surface area contributed by atoms with Gasteiger partial charge in [0.1, 0.15) is 23.3 Å². The van der Waals surface area contributed by atoms with Crippen molar-refractivity contribution >= 4 is 51.7 Å². The molecule has 0 amide bonds. The Morgan fingerprint density at radius 1 is 1.33 bits per heavy atom. The number of ether oxygens (including phenoxy) is 1. The molecular formula is C16H20ClN7O4S2. The number of aromatic nitrogens is 6. The molecule has 3 aromatic heterocycles. The first-order valence-electron chi connectivity index (χ1n) is 9.09. The molecule has 3 aromatic rings. The Bertz CT molecular complexity index is 1030. The van der Waals surface area contributed by atoms with Crippen LogP contribution in [0.2, 0.25) is 5.28 Å². The van der Waals surface area contributed by atoms with Crippen LogP contribution in [0.5, 0.6) is 0 Å². The van der Waals surface area contributed by atoms with Crippen LogP contribution < -0.4 is 5.32 Å². The van der Waals surface area contributed by atoms with E-state index < -0.39 is 31.1 Å². The van der Waals surface area contributed by atoms with Crippen LogP contribution in [0.1, 0.15) is 18.2 Å². The number of aryl methyl sites for hydroxylation is 1. The molecule has 0 aliphatic carbocycles. The van der Waals surface area contributed by atoms with Crippen molar-refractivity contribution in [3.63, 3.8) is 0 Å². The van der Waals surface area contributed by atoms with Crippen molar-refractivity contribution in [3.8, 4) is 0 Å². The third-order valence-corrected chi connectivity index (χ3v) is 6.93. The molecule has 0 spiro atoms. The molecule has 30 heavy (non-hydrogen) atoms. The van der Waals surface area contributed by atoms with Crippen LogP contribution >= 0.6 is 34.7 Å². The van der Waals surface area contributed by atoms with E-state index in [1.165, 1.54) is 22.2 Å². The number of nitrogens with one attached hydrogen (secondary N) is 1. The van der Waals surface area contributed by atoms with Gasteiger partial charge in [-0.25, -0.2) is 4.98 Å². The number of thioether (sulfide) groups is 1. The van der Waals surface area contributed by atoms with Gasteiger partial charge < -0.3 is 25.4 Å². The van der Waals surface area contributed by atoms with Gasteiger partial charge in [0.15, 0.2) is 27.5 Å². The highest BCUT2D eigenvalue weighted by atomic mass is 35.5. The van der Waals surface area contributed by atoms with Crippen LogP contribution in [-0.2, 0) is 4.74 Å². The van der Waals surface area contributed by atoms with Crippen LogP contribution in [0.4, 0.5) is 5.82 Å². The molecule has 0 saturated carbocycles. The zero-order valence-electron chi connectivity index (χ0n) is 16.0. The molecule has 11 nitrogen and oxygen atoms in total. The minimum absolute atomic E-state index is 0.00176. The Kier molecular flexibility index (Phi) is 6.39. The summed E-state index contributed by atoms with van der Waals surface area (Å²) in [5.74, 6) is 1.16. The zero-order chi connectivity index (χ0) is 21.4. The third-order valence-electron chi connectivity index (χ3n) is 4.53. The van der Waals surface area contributed by atoms with Crippen molar-refractivity contribution in [1.29, 1.82) is 0 Å². The quantitative estimate of drug-likeness (QED) is 0.285. The molecule has 4 heterocycles. The van der Waals surface area contributed by atoms with E-state index in [0.29, 0.717) is 22.7 Å². The van der Waals surface area contributed by atoms with E-state index in [-0.39, 0.29) is 11.3 Å². The number of anilines is 1. The first-order valence-corrected chi connectivity index (χ1v) is 11.3. The Hall–Kier alpha value is -1.61. The highest BCUT2D eigenvalue weighted by Gasteiger charge is 2.44. The van der Waals surface area contributed by atoms with E-state index in [1.54, 1.807) is 11.8 Å². The van der Waals surface area contributed by atoms with Crippen LogP contribution in [0.3, 0.4) is 0 Å². The van der Waals surface area contributed by atoms with Gasteiger partial charge in [0.2, 0.25) is 5.28 Å². The zero-order valence-corrected chi connectivity index (χ0v) is 18.4. The molecule has 0 aromatic carbocycles. The lowest BCUT2D eigenvalue weighted by Gasteiger charge is -2.17. The molecule has 1 saturated heterocycles. The molecule has 0 bridgehead atoms. The molecular weight excluding hydrogens is 454 g/mol. The summed E-state index contributed by atoms with van der Waals surface area (Å²) in [5, 5.41) is 42.0. The minimum Gasteiger partial charge on any atom is -0.394 e. The van der Waals surface area contributed by atoms with Gasteiger partial charge >= 0.3 is 0 Å². The van der Waals surface area contributed by atoms with Crippen molar-refractivity contribution in [2.45, 2.75) is 48.8 Å². The summed E-state index contributed by atoms with van der Waals surface area (Å²) in [4.78, 5) is 12.8. The van der Waals surface area contributed by atoms with Gasteiger partial charge in [-0.05, 0) is 25.4 Å².